The molecule has 0 aliphatic carbocycles. The Balaban J connectivity index is 1.29. The van der Waals surface area contributed by atoms with Crippen molar-refractivity contribution in [2.75, 3.05) is 11.9 Å². The number of aromatic nitrogens is 2. The summed E-state index contributed by atoms with van der Waals surface area (Å²) in [6.07, 6.45) is -10.6. The van der Waals surface area contributed by atoms with Crippen LogP contribution in [0.2, 0.25) is 0 Å². The first-order valence-electron chi connectivity index (χ1n) is 21.4. The lowest BCUT2D eigenvalue weighted by Gasteiger charge is -2.38. The van der Waals surface area contributed by atoms with Crippen LogP contribution >= 0.6 is 0 Å². The van der Waals surface area contributed by atoms with Crippen LogP contribution in [-0.2, 0) is 58.5 Å². The maximum atomic E-state index is 14.6. The topological polar surface area (TPSA) is 289 Å². The van der Waals surface area contributed by atoms with Crippen molar-refractivity contribution in [2.45, 2.75) is 128 Å². The smallest absolute Gasteiger partial charge is 0.410 e. The van der Waals surface area contributed by atoms with E-state index in [9.17, 15) is 49.2 Å². The molecule has 0 saturated carbocycles. The molecule has 7 N–H and O–H groups in total. The minimum atomic E-state index is -2.23. The molecule has 1 fully saturated rings. The summed E-state index contributed by atoms with van der Waals surface area (Å²) < 4.78 is 30.0. The van der Waals surface area contributed by atoms with Gasteiger partial charge in [-0.25, -0.2) is 24.2 Å². The summed E-state index contributed by atoms with van der Waals surface area (Å²) >= 11 is 0. The molecule has 2 unspecified atom stereocenters. The molecule has 352 valence electrons. The predicted molar refractivity (Wildman–Crippen MR) is 233 cm³/mol. The Kier molecular flexibility index (Phi) is 13.0. The monoisotopic (exact) mass is 915 g/mol. The minimum absolute atomic E-state index is 0.0144. The molecule has 20 heteroatoms. The molecule has 7 rings (SSSR count). The van der Waals surface area contributed by atoms with Gasteiger partial charge in [-0.15, -0.1) is 0 Å². The second-order valence-corrected chi connectivity index (χ2v) is 17.8. The molecule has 0 spiro atoms. The van der Waals surface area contributed by atoms with Crippen LogP contribution in [0.3, 0.4) is 0 Å². The number of fused-ring (bicyclic) bond motifs is 5. The molecule has 1 saturated heterocycles. The van der Waals surface area contributed by atoms with Gasteiger partial charge in [-0.1, -0.05) is 25.1 Å². The highest BCUT2D eigenvalue weighted by molar-refractivity contribution is 5.99. The molecule has 66 heavy (non-hydrogen) atoms. The number of anilines is 1. The van der Waals surface area contributed by atoms with Crippen LogP contribution in [0.5, 0.6) is 5.75 Å². The maximum Gasteiger partial charge on any atom is 0.410 e. The van der Waals surface area contributed by atoms with Crippen LogP contribution in [0.1, 0.15) is 87.5 Å². The van der Waals surface area contributed by atoms with Gasteiger partial charge in [0.25, 0.3) is 5.56 Å². The van der Waals surface area contributed by atoms with Gasteiger partial charge >= 0.3 is 24.0 Å². The summed E-state index contributed by atoms with van der Waals surface area (Å²) in [4.78, 5) is 87.4. The fourth-order valence-corrected chi connectivity index (χ4v) is 8.28. The molecular weight excluding hydrogens is 863 g/mol. The second kappa shape index (κ2) is 18.1. The van der Waals surface area contributed by atoms with E-state index in [1.165, 1.54) is 17.6 Å². The summed E-state index contributed by atoms with van der Waals surface area (Å²) in [5.74, 6) is -5.04. The molecule has 0 bridgehead atoms. The number of nitrogens with zero attached hydrogens (tertiary/aromatic N) is 3. The summed E-state index contributed by atoms with van der Waals surface area (Å²) in [6, 6.07) is 11.4. The summed E-state index contributed by atoms with van der Waals surface area (Å²) in [6.45, 7) is 12.1. The number of aliphatic hydroxyl groups is 3. The normalized spacial score (nSPS) is 22.7. The molecule has 7 atom stereocenters. The molecule has 3 aliphatic heterocycles. The van der Waals surface area contributed by atoms with Crippen molar-refractivity contribution in [1.82, 2.24) is 14.5 Å². The minimum Gasteiger partial charge on any atom is -0.479 e. The number of nitrogens with two attached hydrogens (primary N) is 1. The van der Waals surface area contributed by atoms with E-state index in [1.54, 1.807) is 38.7 Å². The van der Waals surface area contributed by atoms with E-state index >= 15 is 0 Å². The number of para-hydroxylation sites is 1. The number of benzene rings is 2. The van der Waals surface area contributed by atoms with E-state index in [1.807, 2.05) is 38.1 Å². The Hall–Kier alpha value is -6.45. The molecule has 3 aliphatic rings. The highest BCUT2D eigenvalue weighted by Gasteiger charge is 2.52. The Morgan fingerprint density at radius 2 is 1.73 bits per heavy atom. The third-order valence-electron chi connectivity index (χ3n) is 11.7. The van der Waals surface area contributed by atoms with Gasteiger partial charge in [-0.3, -0.25) is 9.59 Å². The SMILES string of the molecule is CC[C@@]1(OC(=O)c2ccc(NC(=O)[C@H](C)N)cc2OC2OC(C(=O)O)[C@@H](O)[C@H](O)[C@H]2O)C(=O)OCc2c1cc1n(c2=O)Cc2c-1nc1ccccc1c2CCN(C(=O)OC(C)(C)C)C(C)C. The van der Waals surface area contributed by atoms with Gasteiger partial charge in [-0.2, -0.15) is 0 Å². The van der Waals surface area contributed by atoms with Crippen molar-refractivity contribution < 1.29 is 68.1 Å². The number of cyclic esters (lactones) is 1. The van der Waals surface area contributed by atoms with Gasteiger partial charge in [0, 0.05) is 40.9 Å². The van der Waals surface area contributed by atoms with Crippen molar-refractivity contribution >= 4 is 46.5 Å². The van der Waals surface area contributed by atoms with Crippen LogP contribution in [0.4, 0.5) is 10.5 Å². The zero-order valence-electron chi connectivity index (χ0n) is 37.4. The number of aliphatic carboxylic acids is 1. The number of hydrogen-bond acceptors (Lipinski definition) is 16. The predicted octanol–water partition coefficient (Wildman–Crippen LogP) is 2.69. The Bertz CT molecular complexity index is 2680. The van der Waals surface area contributed by atoms with Crippen LogP contribution in [0.25, 0.3) is 22.3 Å². The van der Waals surface area contributed by atoms with E-state index in [4.69, 9.17) is 34.4 Å². The lowest BCUT2D eigenvalue weighted by molar-refractivity contribution is -0.271. The number of carbonyl (C=O) groups is 5. The number of ether oxygens (including phenoxy) is 5. The Morgan fingerprint density at radius 1 is 1.02 bits per heavy atom. The largest absolute Gasteiger partial charge is 0.479 e. The number of amides is 2. The van der Waals surface area contributed by atoms with Gasteiger partial charge in [0.1, 0.15) is 41.8 Å². The van der Waals surface area contributed by atoms with Gasteiger partial charge in [-0.05, 0) is 84.2 Å². The number of carboxylic acid groups (broad SMARTS) is 1. The van der Waals surface area contributed by atoms with E-state index in [2.05, 4.69) is 5.32 Å². The van der Waals surface area contributed by atoms with Crippen molar-refractivity contribution in [3.63, 3.8) is 0 Å². The van der Waals surface area contributed by atoms with E-state index in [0.717, 1.165) is 28.6 Å². The molecule has 2 aromatic heterocycles. The number of rotatable bonds is 12. The van der Waals surface area contributed by atoms with E-state index in [0.29, 0.717) is 23.3 Å². The molecule has 2 aromatic carbocycles. The fraction of sp³-hybridized carbons (Fsp3) is 0.457. The first-order valence-corrected chi connectivity index (χ1v) is 21.4. The van der Waals surface area contributed by atoms with Crippen molar-refractivity contribution in [3.8, 4) is 17.1 Å². The first-order chi connectivity index (χ1) is 31.1. The molecule has 20 nitrogen and oxygen atoms in total. The average Bonchev–Trinajstić information content (AvgIpc) is 3.62. The summed E-state index contributed by atoms with van der Waals surface area (Å²) in [7, 11) is 0. The van der Waals surface area contributed by atoms with Gasteiger partial charge in [0.2, 0.25) is 17.8 Å². The van der Waals surface area contributed by atoms with Crippen LogP contribution in [-0.4, -0.2) is 120 Å². The summed E-state index contributed by atoms with van der Waals surface area (Å²) in [5, 5.41) is 44.5. The number of hydrogen-bond donors (Lipinski definition) is 6. The van der Waals surface area contributed by atoms with Gasteiger partial charge in [0.15, 0.2) is 6.10 Å². The van der Waals surface area contributed by atoms with Crippen molar-refractivity contribution in [1.29, 1.82) is 0 Å². The number of aliphatic hydroxyl groups excluding tert-OH is 3. The third-order valence-corrected chi connectivity index (χ3v) is 11.7. The average molecular weight is 916 g/mol. The van der Waals surface area contributed by atoms with Crippen LogP contribution < -0.4 is 21.3 Å². The zero-order valence-corrected chi connectivity index (χ0v) is 37.4. The highest BCUT2D eigenvalue weighted by atomic mass is 16.7. The molecule has 4 aromatic rings. The van der Waals surface area contributed by atoms with E-state index in [-0.39, 0.29) is 42.4 Å². The lowest BCUT2D eigenvalue weighted by atomic mass is 9.85. The second-order valence-electron chi connectivity index (χ2n) is 17.8. The standard InChI is InChI=1S/C46H53N5O15/c1-8-46(65-41(59)26-14-13-23(48-38(55)22(4)47)17-32(26)63-42-36(54)34(52)35(53)37(64-42)40(57)58)29-18-31-33-27(19-51(31)39(56)28(29)20-62-43(46)60)24(25-11-9-10-12-30(25)49-33)15-16-50(21(2)3)44(61)66-45(5,6)7/h9-14,17-18,21-22,34-37,42,52-54H,8,15-16,19-20,47H2,1-7H3,(H,48,55)(H,57,58)/t22-,34-,35-,36+,37?,42?,46-/m0/s1. The van der Waals surface area contributed by atoms with E-state index < -0.39 is 101 Å². The Morgan fingerprint density at radius 3 is 2.38 bits per heavy atom. The zero-order chi connectivity index (χ0) is 48.2. The third kappa shape index (κ3) is 8.81. The van der Waals surface area contributed by atoms with Gasteiger partial charge < -0.3 is 64.6 Å². The Labute approximate surface area is 378 Å². The number of pyridine rings is 2. The summed E-state index contributed by atoms with van der Waals surface area (Å²) in [5.41, 5.74) is 4.88. The van der Waals surface area contributed by atoms with Gasteiger partial charge in [0.05, 0.1) is 35.1 Å². The fourth-order valence-electron chi connectivity index (χ4n) is 8.28. The lowest BCUT2D eigenvalue weighted by Crippen LogP contribution is -2.61. The van der Waals surface area contributed by atoms with Crippen LogP contribution in [0.15, 0.2) is 53.3 Å². The number of carboxylic acids is 1. The number of esters is 2. The highest BCUT2D eigenvalue weighted by Crippen LogP contribution is 2.43. The molecular formula is C46H53N5O15. The number of carbonyl (C=O) groups excluding carboxylic acids is 4. The molecule has 5 heterocycles. The van der Waals surface area contributed by atoms with Crippen molar-refractivity contribution in [2.24, 2.45) is 5.73 Å². The van der Waals surface area contributed by atoms with Crippen molar-refractivity contribution in [3.05, 3.63) is 86.7 Å². The quantitative estimate of drug-likeness (QED) is 0.0775. The number of nitrogens with one attached hydrogen (secondary N) is 1. The molecule has 2 amide bonds. The molecule has 0 radical (unpaired) electrons. The van der Waals surface area contributed by atoms with Crippen LogP contribution in [0, 0.1) is 0 Å². The first kappa shape index (κ1) is 47.5. The maximum absolute atomic E-state index is 14.6.